The van der Waals surface area contributed by atoms with Gasteiger partial charge in [0.1, 0.15) is 5.69 Å². The number of hydrogen-bond donors (Lipinski definition) is 1. The van der Waals surface area contributed by atoms with Crippen molar-refractivity contribution in [2.45, 2.75) is 39.3 Å². The van der Waals surface area contributed by atoms with Gasteiger partial charge < -0.3 is 14.5 Å². The van der Waals surface area contributed by atoms with Gasteiger partial charge in [-0.1, -0.05) is 18.2 Å². The molecule has 6 nitrogen and oxygen atoms in total. The van der Waals surface area contributed by atoms with Crippen LogP contribution in [0.25, 0.3) is 11.0 Å². The van der Waals surface area contributed by atoms with E-state index in [0.29, 0.717) is 37.2 Å². The molecule has 1 aliphatic heterocycles. The van der Waals surface area contributed by atoms with Crippen molar-refractivity contribution in [2.75, 3.05) is 13.1 Å². The molecule has 4 aromatic rings. The predicted octanol–water partition coefficient (Wildman–Crippen LogP) is 4.55. The number of hydrogen-bond acceptors (Lipinski definition) is 2. The van der Waals surface area contributed by atoms with Gasteiger partial charge in [0.25, 0.3) is 5.91 Å². The number of carbonyl (C=O) groups excluding carboxylic acids is 1. The second kappa shape index (κ2) is 8.59. The first kappa shape index (κ1) is 22.1. The highest BCUT2D eigenvalue weighted by Gasteiger charge is 2.29. The van der Waals surface area contributed by atoms with E-state index in [2.05, 4.69) is 4.98 Å². The minimum absolute atomic E-state index is 0.0181. The number of halogens is 2. The Hall–Kier alpha value is -3.68. The van der Waals surface area contributed by atoms with Crippen LogP contribution in [0.3, 0.4) is 0 Å². The number of likely N-dealkylation sites (tertiary alicyclic amines) is 1. The van der Waals surface area contributed by atoms with E-state index < -0.39 is 11.6 Å². The van der Waals surface area contributed by atoms with Crippen molar-refractivity contribution < 1.29 is 13.6 Å². The molecule has 0 bridgehead atoms. The number of fused-ring (bicyclic) bond motifs is 1. The van der Waals surface area contributed by atoms with E-state index in [4.69, 9.17) is 0 Å². The normalized spacial score (nSPS) is 14.8. The van der Waals surface area contributed by atoms with Gasteiger partial charge >= 0.3 is 5.69 Å². The molecule has 8 heteroatoms. The lowest BCUT2D eigenvalue weighted by molar-refractivity contribution is 0.0683. The van der Waals surface area contributed by atoms with Crippen LogP contribution in [0.4, 0.5) is 8.78 Å². The molecule has 1 aliphatic rings. The number of aromatic amines is 1. The third-order valence-corrected chi connectivity index (χ3v) is 6.76. The molecule has 2 aromatic heterocycles. The second-order valence-electron chi connectivity index (χ2n) is 8.99. The van der Waals surface area contributed by atoms with Crippen molar-refractivity contribution >= 4 is 16.9 Å². The molecule has 5 rings (SSSR count). The van der Waals surface area contributed by atoms with E-state index in [9.17, 15) is 18.4 Å². The molecule has 0 atom stereocenters. The number of imidazole rings is 1. The van der Waals surface area contributed by atoms with Crippen LogP contribution < -0.4 is 5.69 Å². The Balaban J connectivity index is 1.36. The standard InChI is InChI=1S/C26H26F2N4O2/c1-16-13-17(2)31(15-18-7-8-20(27)21(28)14-18)24(16)25(33)30-11-9-19(10-12-30)32-23-6-4-3-5-22(23)29-26(32)34/h3-8,13-14,19H,9-12,15H2,1-2H3,(H,29,34). The summed E-state index contributed by atoms with van der Waals surface area (Å²) in [6.45, 7) is 5.13. The molecule has 1 fully saturated rings. The van der Waals surface area contributed by atoms with Gasteiger partial charge in [0, 0.05) is 31.4 Å². The number of piperidine rings is 1. The minimum Gasteiger partial charge on any atom is -0.337 e. The number of aryl methyl sites for hydroxylation is 2. The Kier molecular flexibility index (Phi) is 5.59. The van der Waals surface area contributed by atoms with Crippen molar-refractivity contribution in [1.82, 2.24) is 19.0 Å². The molecule has 0 spiro atoms. The van der Waals surface area contributed by atoms with Crippen LogP contribution in [-0.4, -0.2) is 38.0 Å². The maximum absolute atomic E-state index is 13.7. The monoisotopic (exact) mass is 464 g/mol. The average Bonchev–Trinajstić information content (AvgIpc) is 3.30. The average molecular weight is 465 g/mol. The van der Waals surface area contributed by atoms with Crippen LogP contribution in [0.5, 0.6) is 0 Å². The third-order valence-electron chi connectivity index (χ3n) is 6.76. The van der Waals surface area contributed by atoms with E-state index in [1.54, 1.807) is 4.57 Å². The van der Waals surface area contributed by atoms with Crippen molar-refractivity contribution in [3.05, 3.63) is 93.2 Å². The summed E-state index contributed by atoms with van der Waals surface area (Å²) in [4.78, 5) is 30.8. The Morgan fingerprint density at radius 2 is 1.76 bits per heavy atom. The summed E-state index contributed by atoms with van der Waals surface area (Å²) in [5.74, 6) is -1.88. The number of amides is 1. The van der Waals surface area contributed by atoms with Crippen molar-refractivity contribution in [1.29, 1.82) is 0 Å². The number of nitrogens with one attached hydrogen (secondary N) is 1. The molecule has 3 heterocycles. The number of aromatic nitrogens is 3. The van der Waals surface area contributed by atoms with Crippen LogP contribution in [0, 0.1) is 25.5 Å². The lowest BCUT2D eigenvalue weighted by Gasteiger charge is -2.33. The van der Waals surface area contributed by atoms with Gasteiger partial charge in [-0.05, 0) is 68.1 Å². The van der Waals surface area contributed by atoms with Gasteiger partial charge in [-0.3, -0.25) is 9.36 Å². The van der Waals surface area contributed by atoms with Crippen LogP contribution in [0.1, 0.15) is 46.2 Å². The van der Waals surface area contributed by atoms with Gasteiger partial charge in [-0.15, -0.1) is 0 Å². The van der Waals surface area contributed by atoms with E-state index in [1.807, 2.05) is 53.6 Å². The summed E-state index contributed by atoms with van der Waals surface area (Å²) in [6.07, 6.45) is 1.35. The Labute approximate surface area is 195 Å². The van der Waals surface area contributed by atoms with E-state index in [1.165, 1.54) is 12.1 Å². The minimum atomic E-state index is -0.901. The molecule has 2 aromatic carbocycles. The van der Waals surface area contributed by atoms with Gasteiger partial charge in [0.2, 0.25) is 0 Å². The summed E-state index contributed by atoms with van der Waals surface area (Å²) < 4.78 is 30.7. The molecule has 176 valence electrons. The smallest absolute Gasteiger partial charge is 0.326 e. The quantitative estimate of drug-likeness (QED) is 0.482. The van der Waals surface area contributed by atoms with Gasteiger partial charge in [-0.2, -0.15) is 0 Å². The second-order valence-corrected chi connectivity index (χ2v) is 8.99. The number of benzene rings is 2. The number of nitrogens with zero attached hydrogens (tertiary/aromatic N) is 3. The summed E-state index contributed by atoms with van der Waals surface area (Å²) >= 11 is 0. The van der Waals surface area contributed by atoms with Crippen molar-refractivity contribution in [2.24, 2.45) is 0 Å². The maximum atomic E-state index is 13.7. The lowest BCUT2D eigenvalue weighted by atomic mass is 10.0. The molecule has 0 radical (unpaired) electrons. The SMILES string of the molecule is Cc1cc(C)n(Cc2ccc(F)c(F)c2)c1C(=O)N1CCC(n2c(=O)[nH]c3ccccc32)CC1. The zero-order valence-electron chi connectivity index (χ0n) is 19.1. The number of carbonyl (C=O) groups is 1. The first-order chi connectivity index (χ1) is 16.3. The zero-order chi connectivity index (χ0) is 24.0. The van der Waals surface area contributed by atoms with Gasteiger partial charge in [0.15, 0.2) is 11.6 Å². The molecular formula is C26H26F2N4O2. The first-order valence-corrected chi connectivity index (χ1v) is 11.4. The molecule has 0 saturated carbocycles. The van der Waals surface area contributed by atoms with Crippen LogP contribution in [0.2, 0.25) is 0 Å². The Morgan fingerprint density at radius 3 is 2.50 bits per heavy atom. The summed E-state index contributed by atoms with van der Waals surface area (Å²) in [5, 5.41) is 0. The highest BCUT2D eigenvalue weighted by atomic mass is 19.2. The lowest BCUT2D eigenvalue weighted by Crippen LogP contribution is -2.41. The first-order valence-electron chi connectivity index (χ1n) is 11.4. The van der Waals surface area contributed by atoms with E-state index >= 15 is 0 Å². The molecule has 1 amide bonds. The number of H-pyrrole nitrogens is 1. The van der Waals surface area contributed by atoms with Crippen LogP contribution in [0.15, 0.2) is 53.3 Å². The molecule has 1 N–H and O–H groups in total. The molecule has 0 unspecified atom stereocenters. The summed E-state index contributed by atoms with van der Waals surface area (Å²) in [7, 11) is 0. The Bertz CT molecular complexity index is 1440. The third kappa shape index (κ3) is 3.83. The van der Waals surface area contributed by atoms with Crippen molar-refractivity contribution in [3.8, 4) is 0 Å². The number of para-hydroxylation sites is 2. The van der Waals surface area contributed by atoms with E-state index in [0.717, 1.165) is 28.4 Å². The van der Waals surface area contributed by atoms with Crippen LogP contribution in [-0.2, 0) is 6.54 Å². The Morgan fingerprint density at radius 1 is 1.03 bits per heavy atom. The summed E-state index contributed by atoms with van der Waals surface area (Å²) in [5.41, 5.74) is 4.44. The summed E-state index contributed by atoms with van der Waals surface area (Å²) in [6, 6.07) is 13.4. The fourth-order valence-electron chi connectivity index (χ4n) is 5.07. The topological polar surface area (TPSA) is 63.0 Å². The van der Waals surface area contributed by atoms with E-state index in [-0.39, 0.29) is 24.2 Å². The predicted molar refractivity (Wildman–Crippen MR) is 126 cm³/mol. The zero-order valence-corrected chi connectivity index (χ0v) is 19.1. The fourth-order valence-corrected chi connectivity index (χ4v) is 5.07. The van der Waals surface area contributed by atoms with Crippen LogP contribution >= 0.6 is 0 Å². The highest BCUT2D eigenvalue weighted by molar-refractivity contribution is 5.94. The molecule has 34 heavy (non-hydrogen) atoms. The fraction of sp³-hybridized carbons (Fsp3) is 0.308. The largest absolute Gasteiger partial charge is 0.337 e. The molecule has 1 saturated heterocycles. The molecule has 0 aliphatic carbocycles. The van der Waals surface area contributed by atoms with Gasteiger partial charge in [-0.25, -0.2) is 13.6 Å². The van der Waals surface area contributed by atoms with Crippen molar-refractivity contribution in [3.63, 3.8) is 0 Å². The molecular weight excluding hydrogens is 438 g/mol. The maximum Gasteiger partial charge on any atom is 0.326 e. The highest BCUT2D eigenvalue weighted by Crippen LogP contribution is 2.27. The van der Waals surface area contributed by atoms with Gasteiger partial charge in [0.05, 0.1) is 11.0 Å². The number of rotatable bonds is 4.